The van der Waals surface area contributed by atoms with Gasteiger partial charge in [0, 0.05) is 42.5 Å². The first kappa shape index (κ1) is 15.0. The molecule has 2 atom stereocenters. The monoisotopic (exact) mass is 292 g/mol. The summed E-state index contributed by atoms with van der Waals surface area (Å²) in [5, 5.41) is 4.94. The Morgan fingerprint density at radius 3 is 2.50 bits per heavy atom. The summed E-state index contributed by atoms with van der Waals surface area (Å²) in [6.07, 6.45) is 3.91. The van der Waals surface area contributed by atoms with Crippen molar-refractivity contribution in [2.75, 3.05) is 7.05 Å². The number of hydrogen-bond acceptors (Lipinski definition) is 3. The van der Waals surface area contributed by atoms with E-state index in [1.165, 1.54) is 11.1 Å². The molecule has 0 bridgehead atoms. The van der Waals surface area contributed by atoms with Gasteiger partial charge in [0.1, 0.15) is 0 Å². The van der Waals surface area contributed by atoms with Gasteiger partial charge in [-0.25, -0.2) is 0 Å². The maximum Gasteiger partial charge on any atom is 0.0534 e. The second kappa shape index (κ2) is 6.39. The van der Waals surface area contributed by atoms with Gasteiger partial charge in [-0.2, -0.15) is 5.10 Å². The Labute approximate surface area is 125 Å². The van der Waals surface area contributed by atoms with E-state index < -0.39 is 0 Å². The average molecular weight is 293 g/mol. The topological polar surface area (TPSA) is 47.1 Å². The van der Waals surface area contributed by atoms with E-state index in [-0.39, 0.29) is 12.1 Å². The summed E-state index contributed by atoms with van der Waals surface area (Å²) >= 11 is 5.95. The molecule has 0 aliphatic heterocycles. The van der Waals surface area contributed by atoms with Gasteiger partial charge in [-0.15, -0.1) is 0 Å². The number of likely N-dealkylation sites (N-methyl/N-ethyl adjacent to an activating group) is 1. The predicted molar refractivity (Wildman–Crippen MR) is 82.5 cm³/mol. The molecule has 0 aliphatic carbocycles. The molecular weight excluding hydrogens is 272 g/mol. The largest absolute Gasteiger partial charge is 0.326 e. The van der Waals surface area contributed by atoms with E-state index in [0.29, 0.717) is 0 Å². The van der Waals surface area contributed by atoms with Gasteiger partial charge in [0.25, 0.3) is 0 Å². The lowest BCUT2D eigenvalue weighted by Crippen LogP contribution is -2.36. The molecule has 2 N–H and O–H groups in total. The third kappa shape index (κ3) is 3.60. The number of halogens is 1. The predicted octanol–water partition coefficient (Wildman–Crippen LogP) is 2.59. The first-order chi connectivity index (χ1) is 9.47. The highest BCUT2D eigenvalue weighted by Crippen LogP contribution is 2.25. The fourth-order valence-corrected chi connectivity index (χ4v) is 2.69. The second-order valence-corrected chi connectivity index (χ2v) is 5.73. The summed E-state index contributed by atoms with van der Waals surface area (Å²) in [5.74, 6) is 0. The quantitative estimate of drug-likeness (QED) is 0.921. The molecule has 0 radical (unpaired) electrons. The Hall–Kier alpha value is -1.36. The number of hydrogen-bond donors (Lipinski definition) is 1. The van der Waals surface area contributed by atoms with E-state index in [0.717, 1.165) is 11.6 Å². The normalized spacial score (nSPS) is 14.5. The van der Waals surface area contributed by atoms with Crippen LogP contribution in [0.2, 0.25) is 5.02 Å². The molecule has 2 rings (SSSR count). The lowest BCUT2D eigenvalue weighted by molar-refractivity contribution is 0.211. The molecule has 0 spiro atoms. The van der Waals surface area contributed by atoms with Gasteiger partial charge in [0.2, 0.25) is 0 Å². The summed E-state index contributed by atoms with van der Waals surface area (Å²) in [5.41, 5.74) is 8.52. The van der Waals surface area contributed by atoms with Gasteiger partial charge >= 0.3 is 0 Å². The van der Waals surface area contributed by atoms with Crippen molar-refractivity contribution in [2.24, 2.45) is 12.8 Å². The highest BCUT2D eigenvalue weighted by Gasteiger charge is 2.21. The van der Waals surface area contributed by atoms with E-state index in [1.807, 2.05) is 55.3 Å². The van der Waals surface area contributed by atoms with E-state index in [9.17, 15) is 0 Å². The molecule has 4 nitrogen and oxygen atoms in total. The number of benzene rings is 1. The number of nitrogens with two attached hydrogens (primary N) is 1. The zero-order chi connectivity index (χ0) is 14.7. The smallest absolute Gasteiger partial charge is 0.0534 e. The second-order valence-electron chi connectivity index (χ2n) is 5.29. The molecule has 1 heterocycles. The highest BCUT2D eigenvalue weighted by molar-refractivity contribution is 6.30. The van der Waals surface area contributed by atoms with Crippen LogP contribution in [0.5, 0.6) is 0 Å². The fourth-order valence-electron chi connectivity index (χ4n) is 2.56. The summed E-state index contributed by atoms with van der Waals surface area (Å²) in [6, 6.07) is 8.06. The third-order valence-electron chi connectivity index (χ3n) is 3.37. The number of aryl methyl sites for hydroxylation is 1. The molecule has 0 amide bonds. The molecule has 0 saturated heterocycles. The maximum absolute atomic E-state index is 6.17. The van der Waals surface area contributed by atoms with Gasteiger partial charge in [0.15, 0.2) is 0 Å². The Kier molecular flexibility index (Phi) is 4.81. The first-order valence-electron chi connectivity index (χ1n) is 6.66. The number of aromatic nitrogens is 2. The Morgan fingerprint density at radius 2 is 2.00 bits per heavy atom. The van der Waals surface area contributed by atoms with E-state index in [4.69, 9.17) is 17.3 Å². The van der Waals surface area contributed by atoms with E-state index in [1.54, 1.807) is 0 Å². The summed E-state index contributed by atoms with van der Waals surface area (Å²) in [4.78, 5) is 2.24. The summed E-state index contributed by atoms with van der Waals surface area (Å²) in [6.45, 7) is 2.84. The van der Waals surface area contributed by atoms with Crippen LogP contribution in [0.1, 0.15) is 24.1 Å². The Morgan fingerprint density at radius 1 is 1.35 bits per heavy atom. The molecular formula is C15H21ClN4. The van der Waals surface area contributed by atoms with Crippen molar-refractivity contribution >= 4 is 11.6 Å². The minimum absolute atomic E-state index is 0.0258. The van der Waals surface area contributed by atoms with Gasteiger partial charge < -0.3 is 5.73 Å². The van der Waals surface area contributed by atoms with Crippen LogP contribution in [0.4, 0.5) is 0 Å². The molecule has 1 aromatic carbocycles. The number of nitrogens with zero attached hydrogens (tertiary/aromatic N) is 3. The van der Waals surface area contributed by atoms with Gasteiger partial charge in [-0.3, -0.25) is 9.58 Å². The van der Waals surface area contributed by atoms with Crippen molar-refractivity contribution < 1.29 is 0 Å². The highest BCUT2D eigenvalue weighted by atomic mass is 35.5. The Balaban J connectivity index is 2.17. The fraction of sp³-hybridized carbons (Fsp3) is 0.400. The lowest BCUT2D eigenvalue weighted by Gasteiger charge is -2.31. The van der Waals surface area contributed by atoms with Crippen LogP contribution in [0.15, 0.2) is 36.7 Å². The molecule has 108 valence electrons. The molecule has 2 aromatic rings. The third-order valence-corrected chi connectivity index (χ3v) is 3.63. The van der Waals surface area contributed by atoms with Crippen molar-refractivity contribution in [1.29, 1.82) is 0 Å². The van der Waals surface area contributed by atoms with Crippen LogP contribution >= 0.6 is 11.6 Å². The van der Waals surface area contributed by atoms with Crippen molar-refractivity contribution in [3.05, 3.63) is 52.8 Å². The molecule has 2 unspecified atom stereocenters. The van der Waals surface area contributed by atoms with E-state index in [2.05, 4.69) is 17.0 Å². The van der Waals surface area contributed by atoms with E-state index >= 15 is 0 Å². The molecule has 0 saturated carbocycles. The summed E-state index contributed by atoms with van der Waals surface area (Å²) in [7, 11) is 4.00. The zero-order valence-corrected chi connectivity index (χ0v) is 12.9. The van der Waals surface area contributed by atoms with Crippen molar-refractivity contribution in [3.63, 3.8) is 0 Å². The maximum atomic E-state index is 6.17. The van der Waals surface area contributed by atoms with Gasteiger partial charge in [-0.1, -0.05) is 23.7 Å². The van der Waals surface area contributed by atoms with Crippen molar-refractivity contribution in [1.82, 2.24) is 14.7 Å². The van der Waals surface area contributed by atoms with Crippen molar-refractivity contribution in [2.45, 2.75) is 25.6 Å². The van der Waals surface area contributed by atoms with Crippen LogP contribution in [0, 0.1) is 0 Å². The van der Waals surface area contributed by atoms with Gasteiger partial charge in [0.05, 0.1) is 6.20 Å². The van der Waals surface area contributed by atoms with Crippen LogP contribution in [0.25, 0.3) is 0 Å². The average Bonchev–Trinajstić information content (AvgIpc) is 2.77. The Bertz CT molecular complexity index is 547. The first-order valence-corrected chi connectivity index (χ1v) is 7.04. The van der Waals surface area contributed by atoms with Crippen LogP contribution in [-0.2, 0) is 13.6 Å². The lowest BCUT2D eigenvalue weighted by atomic mass is 9.99. The van der Waals surface area contributed by atoms with Crippen molar-refractivity contribution in [3.8, 4) is 0 Å². The molecule has 20 heavy (non-hydrogen) atoms. The minimum atomic E-state index is 0.0258. The summed E-state index contributed by atoms with van der Waals surface area (Å²) < 4.78 is 1.81. The minimum Gasteiger partial charge on any atom is -0.326 e. The van der Waals surface area contributed by atoms with Crippen LogP contribution < -0.4 is 5.73 Å². The zero-order valence-electron chi connectivity index (χ0n) is 12.1. The molecule has 5 heteroatoms. The van der Waals surface area contributed by atoms with Gasteiger partial charge in [-0.05, 0) is 31.7 Å². The number of rotatable bonds is 5. The molecule has 1 aromatic heterocycles. The SMILES string of the molecule is CC(N)C(c1ccc(Cl)cc1)N(C)Cc1cnn(C)c1. The van der Waals surface area contributed by atoms with Crippen LogP contribution in [0.3, 0.4) is 0 Å². The van der Waals surface area contributed by atoms with Crippen LogP contribution in [-0.4, -0.2) is 27.8 Å². The standard InChI is InChI=1S/C15H21ClN4/c1-11(17)15(13-4-6-14(16)7-5-13)19(2)9-12-8-18-20(3)10-12/h4-8,10-11,15H,9,17H2,1-3H3. The molecule has 0 fully saturated rings. The molecule has 0 aliphatic rings.